The lowest BCUT2D eigenvalue weighted by molar-refractivity contribution is -0.742. The van der Waals surface area contributed by atoms with Gasteiger partial charge >= 0.3 is 11.9 Å². The molecule has 2 aromatic heterocycles. The molecule has 1 N–H and O–H groups in total. The largest absolute Gasteiger partial charge is 0.464 e. The molecule has 2 aromatic rings. The van der Waals surface area contributed by atoms with E-state index in [2.05, 4.69) is 4.98 Å². The number of aryl methyl sites for hydroxylation is 2. The summed E-state index contributed by atoms with van der Waals surface area (Å²) < 4.78 is 15.6. The Hall–Kier alpha value is -3.43. The van der Waals surface area contributed by atoms with Crippen molar-refractivity contribution in [3.8, 4) is 11.3 Å². The molecule has 0 unspecified atom stereocenters. The summed E-state index contributed by atoms with van der Waals surface area (Å²) in [6, 6.07) is 3.37. The summed E-state index contributed by atoms with van der Waals surface area (Å²) in [6.07, 6.45) is 1.48. The van der Waals surface area contributed by atoms with Crippen molar-refractivity contribution in [1.29, 1.82) is 0 Å². The maximum atomic E-state index is 12.4. The molecule has 0 amide bonds. The van der Waals surface area contributed by atoms with Gasteiger partial charge in [-0.3, -0.25) is 4.98 Å². The molecule has 27 heavy (non-hydrogen) atoms. The molecule has 0 aliphatic heterocycles. The van der Waals surface area contributed by atoms with Crippen LogP contribution in [-0.2, 0) is 9.47 Å². The number of nitrogens with zero attached hydrogens (tertiary/aromatic N) is 2. The van der Waals surface area contributed by atoms with Gasteiger partial charge in [0.05, 0.1) is 42.0 Å². The molecule has 2 rings (SSSR count). The standard InChI is InChI=1S/C17H19NO5.HNO3/c1-5-21-16(19)13-10(3)18-11(4)14(17(20)22-6-2)15(13)12-8-7-9-23-12;2-1(3)4/h7-9H,5-6H2,1-4H3;(H,2,3,4). The molecule has 0 saturated carbocycles. The zero-order valence-electron chi connectivity index (χ0n) is 15.3. The van der Waals surface area contributed by atoms with E-state index in [-0.39, 0.29) is 24.3 Å². The van der Waals surface area contributed by atoms with Crippen molar-refractivity contribution >= 4 is 11.9 Å². The van der Waals surface area contributed by atoms with Crippen LogP contribution in [0.3, 0.4) is 0 Å². The van der Waals surface area contributed by atoms with Crippen molar-refractivity contribution in [2.45, 2.75) is 27.7 Å². The molecule has 0 atom stereocenters. The van der Waals surface area contributed by atoms with Crippen molar-refractivity contribution in [3.05, 3.63) is 51.0 Å². The van der Waals surface area contributed by atoms with Gasteiger partial charge < -0.3 is 19.1 Å². The molecule has 10 heteroatoms. The first-order chi connectivity index (χ1) is 12.7. The van der Waals surface area contributed by atoms with Crippen LogP contribution in [0.25, 0.3) is 11.3 Å². The second-order valence-electron chi connectivity index (χ2n) is 5.06. The normalized spacial score (nSPS) is 9.78. The van der Waals surface area contributed by atoms with Gasteiger partial charge in [-0.05, 0) is 39.8 Å². The minimum Gasteiger partial charge on any atom is -0.464 e. The third-order valence-electron chi connectivity index (χ3n) is 3.29. The molecule has 10 nitrogen and oxygen atoms in total. The third kappa shape index (κ3) is 5.53. The monoisotopic (exact) mass is 380 g/mol. The SMILES string of the molecule is CCOC(=O)c1c(C)nc(C)c(C(=O)OCC)c1-c1ccco1.O=[N+]([O-])O. The number of rotatable bonds is 5. The summed E-state index contributed by atoms with van der Waals surface area (Å²) in [5, 5.41) is 13.6. The molecular formula is C17H20N2O8. The highest BCUT2D eigenvalue weighted by Gasteiger charge is 2.28. The first-order valence-electron chi connectivity index (χ1n) is 7.97. The van der Waals surface area contributed by atoms with E-state index in [0.29, 0.717) is 22.7 Å². The predicted octanol–water partition coefficient (Wildman–Crippen LogP) is 2.96. The van der Waals surface area contributed by atoms with Gasteiger partial charge in [0.2, 0.25) is 0 Å². The Morgan fingerprint density at radius 1 is 1.15 bits per heavy atom. The molecule has 0 radical (unpaired) electrons. The van der Waals surface area contributed by atoms with Gasteiger partial charge in [-0.25, -0.2) is 9.59 Å². The Morgan fingerprint density at radius 2 is 1.59 bits per heavy atom. The van der Waals surface area contributed by atoms with Crippen molar-refractivity contribution < 1.29 is 33.8 Å². The summed E-state index contributed by atoms with van der Waals surface area (Å²) in [7, 11) is 0. The fourth-order valence-electron chi connectivity index (χ4n) is 2.42. The van der Waals surface area contributed by atoms with Crippen molar-refractivity contribution in [1.82, 2.24) is 4.98 Å². The van der Waals surface area contributed by atoms with Crippen LogP contribution in [0.4, 0.5) is 0 Å². The van der Waals surface area contributed by atoms with Crippen LogP contribution >= 0.6 is 0 Å². The number of carbonyl (C=O) groups excluding carboxylic acids is 2. The Labute approximate surface area is 154 Å². The number of furan rings is 1. The van der Waals surface area contributed by atoms with Crippen LogP contribution in [0, 0.1) is 24.0 Å². The lowest BCUT2D eigenvalue weighted by Gasteiger charge is -2.16. The summed E-state index contributed by atoms with van der Waals surface area (Å²) in [6.45, 7) is 7.26. The van der Waals surface area contributed by atoms with Crippen molar-refractivity contribution in [2.75, 3.05) is 13.2 Å². The maximum absolute atomic E-state index is 12.4. The summed E-state index contributed by atoms with van der Waals surface area (Å²) in [5.41, 5.74) is 1.74. The molecule has 146 valence electrons. The molecule has 0 fully saturated rings. The van der Waals surface area contributed by atoms with Gasteiger partial charge in [-0.15, -0.1) is 10.1 Å². The first kappa shape index (κ1) is 21.6. The van der Waals surface area contributed by atoms with E-state index >= 15 is 0 Å². The van der Waals surface area contributed by atoms with E-state index in [1.807, 2.05) is 0 Å². The van der Waals surface area contributed by atoms with E-state index in [1.165, 1.54) is 6.26 Å². The van der Waals surface area contributed by atoms with Crippen LogP contribution in [0.2, 0.25) is 0 Å². The van der Waals surface area contributed by atoms with E-state index in [4.69, 9.17) is 29.2 Å². The molecule has 0 spiro atoms. The highest BCUT2D eigenvalue weighted by Crippen LogP contribution is 2.32. The Bertz CT molecular complexity index is 769. The lowest BCUT2D eigenvalue weighted by Crippen LogP contribution is -2.17. The second-order valence-corrected chi connectivity index (χ2v) is 5.06. The quantitative estimate of drug-likeness (QED) is 0.470. The number of hydrogen-bond donors (Lipinski definition) is 1. The maximum Gasteiger partial charge on any atom is 0.340 e. The fraction of sp³-hybridized carbons (Fsp3) is 0.353. The summed E-state index contributed by atoms with van der Waals surface area (Å²) >= 11 is 0. The van der Waals surface area contributed by atoms with Gasteiger partial charge in [0.25, 0.3) is 5.09 Å². The average Bonchev–Trinajstić information content (AvgIpc) is 3.07. The molecule has 0 aliphatic rings. The number of aromatic nitrogens is 1. The van der Waals surface area contributed by atoms with Crippen LogP contribution < -0.4 is 0 Å². The van der Waals surface area contributed by atoms with Crippen LogP contribution in [0.5, 0.6) is 0 Å². The van der Waals surface area contributed by atoms with Crippen LogP contribution in [0.1, 0.15) is 46.0 Å². The summed E-state index contributed by atoms with van der Waals surface area (Å²) in [4.78, 5) is 37.4. The van der Waals surface area contributed by atoms with E-state index in [0.717, 1.165) is 0 Å². The average molecular weight is 380 g/mol. The first-order valence-corrected chi connectivity index (χ1v) is 7.97. The van der Waals surface area contributed by atoms with Gasteiger partial charge in [-0.1, -0.05) is 0 Å². The second kappa shape index (κ2) is 9.90. The number of esters is 2. The van der Waals surface area contributed by atoms with Gasteiger partial charge in [0.15, 0.2) is 0 Å². The minimum absolute atomic E-state index is 0.218. The Balaban J connectivity index is 0.000000828. The number of hydrogen-bond acceptors (Lipinski definition) is 8. The van der Waals surface area contributed by atoms with E-state index in [1.54, 1.807) is 39.8 Å². The fourth-order valence-corrected chi connectivity index (χ4v) is 2.42. The third-order valence-corrected chi connectivity index (χ3v) is 3.29. The smallest absolute Gasteiger partial charge is 0.340 e. The van der Waals surface area contributed by atoms with Crippen LogP contribution in [0.15, 0.2) is 22.8 Å². The lowest BCUT2D eigenvalue weighted by atomic mass is 9.96. The molecule has 0 aliphatic carbocycles. The van der Waals surface area contributed by atoms with Crippen molar-refractivity contribution in [3.63, 3.8) is 0 Å². The number of pyridine rings is 1. The molecule has 2 heterocycles. The van der Waals surface area contributed by atoms with Gasteiger partial charge in [-0.2, -0.15) is 0 Å². The molecule has 0 saturated heterocycles. The zero-order chi connectivity index (χ0) is 20.6. The van der Waals surface area contributed by atoms with Crippen LogP contribution in [-0.4, -0.2) is 40.4 Å². The Morgan fingerprint density at radius 3 is 1.93 bits per heavy atom. The van der Waals surface area contributed by atoms with E-state index < -0.39 is 17.0 Å². The highest BCUT2D eigenvalue weighted by atomic mass is 16.9. The topological polar surface area (TPSA) is 142 Å². The van der Waals surface area contributed by atoms with E-state index in [9.17, 15) is 9.59 Å². The molecular weight excluding hydrogens is 360 g/mol. The van der Waals surface area contributed by atoms with Crippen molar-refractivity contribution in [2.24, 2.45) is 0 Å². The van der Waals surface area contributed by atoms with Gasteiger partial charge in [0, 0.05) is 5.56 Å². The number of ether oxygens (including phenoxy) is 2. The van der Waals surface area contributed by atoms with Gasteiger partial charge in [0.1, 0.15) is 5.76 Å². The summed E-state index contributed by atoms with van der Waals surface area (Å²) in [5.74, 6) is -0.700. The molecule has 0 aromatic carbocycles. The number of carbonyl (C=O) groups is 2. The predicted molar refractivity (Wildman–Crippen MR) is 92.1 cm³/mol. The Kier molecular flexibility index (Phi) is 7.92. The molecule has 0 bridgehead atoms. The highest BCUT2D eigenvalue weighted by molar-refractivity contribution is 6.06. The minimum atomic E-state index is -1.50. The zero-order valence-corrected chi connectivity index (χ0v) is 15.3.